The lowest BCUT2D eigenvalue weighted by atomic mass is 10.1. The van der Waals surface area contributed by atoms with Crippen molar-refractivity contribution in [2.45, 2.75) is 25.8 Å². The van der Waals surface area contributed by atoms with Crippen molar-refractivity contribution < 1.29 is 14.0 Å². The lowest BCUT2D eigenvalue weighted by Crippen LogP contribution is -2.18. The molecular formula is C15H21N3O3. The summed E-state index contributed by atoms with van der Waals surface area (Å²) in [5.41, 5.74) is 7.10. The zero-order valence-electron chi connectivity index (χ0n) is 12.4. The fraction of sp³-hybridized carbons (Fsp3) is 0.467. The maximum atomic E-state index is 5.91. The van der Waals surface area contributed by atoms with E-state index in [9.17, 15) is 0 Å². The molecule has 1 aromatic carbocycles. The Kier molecular flexibility index (Phi) is 5.71. The Morgan fingerprint density at radius 3 is 2.67 bits per heavy atom. The largest absolute Gasteiger partial charge is 0.497 e. The molecule has 0 fully saturated rings. The van der Waals surface area contributed by atoms with Crippen molar-refractivity contribution in [1.82, 2.24) is 10.1 Å². The van der Waals surface area contributed by atoms with Crippen LogP contribution in [-0.4, -0.2) is 30.5 Å². The van der Waals surface area contributed by atoms with Crippen LogP contribution in [-0.2, 0) is 17.6 Å². The summed E-state index contributed by atoms with van der Waals surface area (Å²) in [6.45, 7) is 2.94. The summed E-state index contributed by atoms with van der Waals surface area (Å²) in [5, 5.41) is 3.90. The number of hydrogen-bond acceptors (Lipinski definition) is 6. The van der Waals surface area contributed by atoms with E-state index in [0.29, 0.717) is 31.3 Å². The quantitative estimate of drug-likeness (QED) is 0.799. The van der Waals surface area contributed by atoms with Crippen LogP contribution in [0.4, 0.5) is 0 Å². The standard InChI is InChI=1S/C15H21N3O3/c1-3-20-10-13(16)15-17-14(21-18-15)9-6-11-4-7-12(19-2)8-5-11/h4-5,7-8,13H,3,6,9-10,16H2,1-2H3. The summed E-state index contributed by atoms with van der Waals surface area (Å²) in [6.07, 6.45) is 1.51. The molecule has 21 heavy (non-hydrogen) atoms. The molecule has 2 rings (SSSR count). The molecule has 0 saturated carbocycles. The average molecular weight is 291 g/mol. The maximum Gasteiger partial charge on any atom is 0.227 e. The van der Waals surface area contributed by atoms with E-state index in [1.807, 2.05) is 31.2 Å². The first-order valence-corrected chi connectivity index (χ1v) is 7.01. The van der Waals surface area contributed by atoms with E-state index < -0.39 is 0 Å². The molecule has 2 aromatic rings. The molecular weight excluding hydrogens is 270 g/mol. The smallest absolute Gasteiger partial charge is 0.227 e. The second kappa shape index (κ2) is 7.75. The number of nitrogens with zero attached hydrogens (tertiary/aromatic N) is 2. The molecule has 0 spiro atoms. The molecule has 6 heteroatoms. The minimum atomic E-state index is -0.344. The van der Waals surface area contributed by atoms with Crippen LogP contribution < -0.4 is 10.5 Å². The second-order valence-corrected chi connectivity index (χ2v) is 4.66. The number of ether oxygens (including phenoxy) is 2. The van der Waals surface area contributed by atoms with Crippen molar-refractivity contribution >= 4 is 0 Å². The van der Waals surface area contributed by atoms with E-state index >= 15 is 0 Å². The number of aromatic nitrogens is 2. The Bertz CT molecular complexity index is 539. The van der Waals surface area contributed by atoms with Gasteiger partial charge in [-0.2, -0.15) is 4.98 Å². The third-order valence-corrected chi connectivity index (χ3v) is 3.10. The van der Waals surface area contributed by atoms with E-state index in [0.717, 1.165) is 12.2 Å². The Morgan fingerprint density at radius 1 is 1.24 bits per heavy atom. The van der Waals surface area contributed by atoms with Crippen molar-refractivity contribution in [3.8, 4) is 5.75 Å². The van der Waals surface area contributed by atoms with Crippen LogP contribution in [0.3, 0.4) is 0 Å². The van der Waals surface area contributed by atoms with Crippen molar-refractivity contribution in [2.24, 2.45) is 5.73 Å². The highest BCUT2D eigenvalue weighted by Crippen LogP contribution is 2.14. The zero-order chi connectivity index (χ0) is 15.1. The Balaban J connectivity index is 1.87. The van der Waals surface area contributed by atoms with Gasteiger partial charge in [0.15, 0.2) is 5.82 Å². The summed E-state index contributed by atoms with van der Waals surface area (Å²) in [6, 6.07) is 7.58. The topological polar surface area (TPSA) is 83.4 Å². The third-order valence-electron chi connectivity index (χ3n) is 3.10. The predicted octanol–water partition coefficient (Wildman–Crippen LogP) is 1.90. The molecule has 1 atom stereocenters. The molecule has 1 unspecified atom stereocenters. The van der Waals surface area contributed by atoms with Crippen LogP contribution in [0.1, 0.15) is 30.2 Å². The number of hydrogen-bond donors (Lipinski definition) is 1. The van der Waals surface area contributed by atoms with Gasteiger partial charge in [0.25, 0.3) is 0 Å². The van der Waals surface area contributed by atoms with Crippen molar-refractivity contribution in [1.29, 1.82) is 0 Å². The van der Waals surface area contributed by atoms with Crippen LogP contribution >= 0.6 is 0 Å². The van der Waals surface area contributed by atoms with Gasteiger partial charge in [0.05, 0.1) is 19.8 Å². The summed E-state index contributed by atoms with van der Waals surface area (Å²) in [5.74, 6) is 1.93. The van der Waals surface area contributed by atoms with Gasteiger partial charge < -0.3 is 19.7 Å². The first-order chi connectivity index (χ1) is 10.2. The van der Waals surface area contributed by atoms with Gasteiger partial charge in [0.2, 0.25) is 5.89 Å². The summed E-state index contributed by atoms with van der Waals surface area (Å²) in [7, 11) is 1.65. The number of methoxy groups -OCH3 is 1. The minimum Gasteiger partial charge on any atom is -0.497 e. The number of aryl methyl sites for hydroxylation is 2. The highest BCUT2D eigenvalue weighted by atomic mass is 16.5. The Hall–Kier alpha value is -1.92. The normalized spacial score (nSPS) is 12.3. The van der Waals surface area contributed by atoms with Crippen LogP contribution in [0.15, 0.2) is 28.8 Å². The zero-order valence-corrected chi connectivity index (χ0v) is 12.4. The van der Waals surface area contributed by atoms with Gasteiger partial charge in [0, 0.05) is 13.0 Å². The highest BCUT2D eigenvalue weighted by Gasteiger charge is 2.14. The molecule has 0 aliphatic rings. The molecule has 0 saturated heterocycles. The van der Waals surface area contributed by atoms with E-state index in [1.54, 1.807) is 7.11 Å². The summed E-state index contributed by atoms with van der Waals surface area (Å²) >= 11 is 0. The van der Waals surface area contributed by atoms with Gasteiger partial charge >= 0.3 is 0 Å². The molecule has 0 radical (unpaired) electrons. The molecule has 0 aliphatic carbocycles. The van der Waals surface area contributed by atoms with Crippen LogP contribution in [0.5, 0.6) is 5.75 Å². The van der Waals surface area contributed by atoms with Gasteiger partial charge in [-0.15, -0.1) is 0 Å². The van der Waals surface area contributed by atoms with Crippen LogP contribution in [0.25, 0.3) is 0 Å². The molecule has 1 heterocycles. The van der Waals surface area contributed by atoms with Crippen LogP contribution in [0.2, 0.25) is 0 Å². The first kappa shape index (κ1) is 15.5. The SMILES string of the molecule is CCOCC(N)c1noc(CCc2ccc(OC)cc2)n1. The Labute approximate surface area is 124 Å². The third kappa shape index (κ3) is 4.54. The molecule has 6 nitrogen and oxygen atoms in total. The summed E-state index contributed by atoms with van der Waals surface area (Å²) in [4.78, 5) is 4.30. The lowest BCUT2D eigenvalue weighted by molar-refractivity contribution is 0.130. The predicted molar refractivity (Wildman–Crippen MR) is 78.1 cm³/mol. The van der Waals surface area contributed by atoms with Gasteiger partial charge in [0.1, 0.15) is 5.75 Å². The highest BCUT2D eigenvalue weighted by molar-refractivity contribution is 5.27. The lowest BCUT2D eigenvalue weighted by Gasteiger charge is -2.05. The summed E-state index contributed by atoms with van der Waals surface area (Å²) < 4.78 is 15.6. The molecule has 0 aliphatic heterocycles. The fourth-order valence-corrected chi connectivity index (χ4v) is 1.88. The molecule has 0 bridgehead atoms. The van der Waals surface area contributed by atoms with E-state index in [4.69, 9.17) is 19.7 Å². The minimum absolute atomic E-state index is 0.344. The van der Waals surface area contributed by atoms with Crippen molar-refractivity contribution in [2.75, 3.05) is 20.3 Å². The second-order valence-electron chi connectivity index (χ2n) is 4.66. The van der Waals surface area contributed by atoms with Crippen molar-refractivity contribution in [3.63, 3.8) is 0 Å². The van der Waals surface area contributed by atoms with E-state index in [1.165, 1.54) is 5.56 Å². The van der Waals surface area contributed by atoms with Crippen LogP contribution in [0, 0.1) is 0 Å². The molecule has 114 valence electrons. The molecule has 1 aromatic heterocycles. The first-order valence-electron chi connectivity index (χ1n) is 7.01. The van der Waals surface area contributed by atoms with Gasteiger partial charge in [-0.25, -0.2) is 0 Å². The van der Waals surface area contributed by atoms with Crippen molar-refractivity contribution in [3.05, 3.63) is 41.5 Å². The molecule has 0 amide bonds. The fourth-order valence-electron chi connectivity index (χ4n) is 1.88. The number of nitrogens with two attached hydrogens (primary N) is 1. The monoisotopic (exact) mass is 291 g/mol. The van der Waals surface area contributed by atoms with Gasteiger partial charge in [-0.05, 0) is 31.0 Å². The number of benzene rings is 1. The average Bonchev–Trinajstić information content (AvgIpc) is 3.00. The van der Waals surface area contributed by atoms with E-state index in [2.05, 4.69) is 10.1 Å². The maximum absolute atomic E-state index is 5.91. The van der Waals surface area contributed by atoms with E-state index in [-0.39, 0.29) is 6.04 Å². The van der Waals surface area contributed by atoms with Gasteiger partial charge in [-0.3, -0.25) is 0 Å². The number of rotatable bonds is 8. The Morgan fingerprint density at radius 2 is 2.00 bits per heavy atom. The van der Waals surface area contributed by atoms with Gasteiger partial charge in [-0.1, -0.05) is 17.3 Å². The molecule has 2 N–H and O–H groups in total.